The van der Waals surface area contributed by atoms with Crippen molar-refractivity contribution in [1.82, 2.24) is 0 Å². The van der Waals surface area contributed by atoms with Gasteiger partial charge in [-0.05, 0) is 18.3 Å². The Kier molecular flexibility index (Phi) is 2.50. The third kappa shape index (κ3) is 1.65. The molecule has 0 aliphatic carbocycles. The minimum absolute atomic E-state index is 0.119. The van der Waals surface area contributed by atoms with E-state index in [0.717, 1.165) is 12.8 Å². The molecule has 3 nitrogen and oxygen atoms in total. The van der Waals surface area contributed by atoms with Crippen LogP contribution in [0.15, 0.2) is 0 Å². The number of ether oxygens (including phenoxy) is 1. The molecule has 0 saturated carbocycles. The van der Waals surface area contributed by atoms with E-state index in [1.165, 1.54) is 0 Å². The van der Waals surface area contributed by atoms with Crippen molar-refractivity contribution in [1.29, 1.82) is 0 Å². The Bertz CT molecular complexity index is 186. The van der Waals surface area contributed by atoms with Gasteiger partial charge in [-0.15, -0.1) is 0 Å². The fraction of sp³-hybridized carbons (Fsp3) is 0.778. The average Bonchev–Trinajstić information content (AvgIpc) is 2.02. The maximum absolute atomic E-state index is 11.0. The lowest BCUT2D eigenvalue weighted by Gasteiger charge is -2.32. The summed E-state index contributed by atoms with van der Waals surface area (Å²) in [6.45, 7) is 4.02. The van der Waals surface area contributed by atoms with E-state index in [-0.39, 0.29) is 17.4 Å². The summed E-state index contributed by atoms with van der Waals surface area (Å²) in [5, 5.41) is 0. The Balaban J connectivity index is 2.76. The summed E-state index contributed by atoms with van der Waals surface area (Å²) in [6.07, 6.45) is 2.52. The lowest BCUT2D eigenvalue weighted by Crippen LogP contribution is -2.34. The highest BCUT2D eigenvalue weighted by Crippen LogP contribution is 2.37. The molecule has 68 valence electrons. The molecule has 0 aromatic heterocycles. The van der Waals surface area contributed by atoms with Gasteiger partial charge >= 0.3 is 11.9 Å². The first kappa shape index (κ1) is 9.23. The number of rotatable bonds is 2. The minimum Gasteiger partial charge on any atom is -0.393 e. The lowest BCUT2D eigenvalue weighted by atomic mass is 9.75. The summed E-state index contributed by atoms with van der Waals surface area (Å²) in [5.41, 5.74) is -0.119. The molecule has 0 spiro atoms. The lowest BCUT2D eigenvalue weighted by molar-refractivity contribution is -0.169. The SMILES string of the molecule is CCC1(CC)CC(=O)OC(=O)C1. The predicted octanol–water partition coefficient (Wildman–Crippen LogP) is 1.66. The molecule has 0 unspecified atom stereocenters. The third-order valence-corrected chi connectivity index (χ3v) is 2.77. The van der Waals surface area contributed by atoms with Crippen molar-refractivity contribution < 1.29 is 14.3 Å². The fourth-order valence-corrected chi connectivity index (χ4v) is 1.62. The molecule has 1 saturated heterocycles. The van der Waals surface area contributed by atoms with Crippen LogP contribution in [0, 0.1) is 5.41 Å². The van der Waals surface area contributed by atoms with Gasteiger partial charge in [0.2, 0.25) is 0 Å². The molecule has 1 aliphatic rings. The summed E-state index contributed by atoms with van der Waals surface area (Å²) in [6, 6.07) is 0. The van der Waals surface area contributed by atoms with E-state index < -0.39 is 0 Å². The van der Waals surface area contributed by atoms with E-state index in [1.807, 2.05) is 13.8 Å². The second-order valence-corrected chi connectivity index (χ2v) is 3.41. The minimum atomic E-state index is -0.366. The average molecular weight is 170 g/mol. The normalized spacial score (nSPS) is 22.2. The quantitative estimate of drug-likeness (QED) is 0.467. The van der Waals surface area contributed by atoms with E-state index >= 15 is 0 Å². The van der Waals surface area contributed by atoms with Gasteiger partial charge < -0.3 is 4.74 Å². The van der Waals surface area contributed by atoms with Crippen LogP contribution in [0.5, 0.6) is 0 Å². The second-order valence-electron chi connectivity index (χ2n) is 3.41. The van der Waals surface area contributed by atoms with Crippen molar-refractivity contribution >= 4 is 11.9 Å². The summed E-state index contributed by atoms with van der Waals surface area (Å²) in [5.74, 6) is -0.732. The van der Waals surface area contributed by atoms with Gasteiger partial charge in [-0.1, -0.05) is 13.8 Å². The van der Waals surface area contributed by atoms with Gasteiger partial charge in [0, 0.05) is 0 Å². The molecule has 3 heteroatoms. The zero-order valence-corrected chi connectivity index (χ0v) is 7.55. The largest absolute Gasteiger partial charge is 0.393 e. The Labute approximate surface area is 72.1 Å². The van der Waals surface area contributed by atoms with Crippen molar-refractivity contribution in [3.8, 4) is 0 Å². The van der Waals surface area contributed by atoms with Crippen molar-refractivity contribution in [2.75, 3.05) is 0 Å². The molecule has 1 aliphatic heterocycles. The first-order chi connectivity index (χ1) is 5.62. The van der Waals surface area contributed by atoms with Crippen LogP contribution >= 0.6 is 0 Å². The molecule has 1 heterocycles. The van der Waals surface area contributed by atoms with Crippen LogP contribution < -0.4 is 0 Å². The Hall–Kier alpha value is -0.860. The van der Waals surface area contributed by atoms with Crippen LogP contribution in [0.25, 0.3) is 0 Å². The van der Waals surface area contributed by atoms with E-state index in [2.05, 4.69) is 4.74 Å². The smallest absolute Gasteiger partial charge is 0.314 e. The molecule has 0 radical (unpaired) electrons. The maximum Gasteiger partial charge on any atom is 0.314 e. The summed E-state index contributed by atoms with van der Waals surface area (Å²) >= 11 is 0. The van der Waals surface area contributed by atoms with Gasteiger partial charge in [0.1, 0.15) is 0 Å². The van der Waals surface area contributed by atoms with Crippen molar-refractivity contribution in [3.63, 3.8) is 0 Å². The highest BCUT2D eigenvalue weighted by molar-refractivity contribution is 5.89. The van der Waals surface area contributed by atoms with E-state index in [4.69, 9.17) is 0 Å². The second kappa shape index (κ2) is 3.25. The predicted molar refractivity (Wildman–Crippen MR) is 43.3 cm³/mol. The highest BCUT2D eigenvalue weighted by Gasteiger charge is 2.38. The standard InChI is InChI=1S/C9H14O3/c1-3-9(4-2)5-7(10)12-8(11)6-9/h3-6H2,1-2H3. The first-order valence-corrected chi connectivity index (χ1v) is 4.35. The molecular weight excluding hydrogens is 156 g/mol. The molecule has 0 N–H and O–H groups in total. The van der Waals surface area contributed by atoms with E-state index in [0.29, 0.717) is 12.8 Å². The Morgan fingerprint density at radius 1 is 1.17 bits per heavy atom. The van der Waals surface area contributed by atoms with Crippen LogP contribution in [0.4, 0.5) is 0 Å². The molecule has 1 rings (SSSR count). The number of carbonyl (C=O) groups is 2. The van der Waals surface area contributed by atoms with Gasteiger partial charge in [-0.3, -0.25) is 9.59 Å². The van der Waals surface area contributed by atoms with Gasteiger partial charge in [0.05, 0.1) is 12.8 Å². The molecule has 0 aromatic rings. The van der Waals surface area contributed by atoms with Crippen LogP contribution in [-0.4, -0.2) is 11.9 Å². The topological polar surface area (TPSA) is 43.4 Å². The van der Waals surface area contributed by atoms with Crippen molar-refractivity contribution in [2.24, 2.45) is 5.41 Å². The van der Waals surface area contributed by atoms with Gasteiger partial charge in [0.15, 0.2) is 0 Å². The molecule has 1 fully saturated rings. The third-order valence-electron chi connectivity index (χ3n) is 2.77. The number of hydrogen-bond acceptors (Lipinski definition) is 3. The number of cyclic esters (lactones) is 2. The molecule has 12 heavy (non-hydrogen) atoms. The number of carbonyl (C=O) groups excluding carboxylic acids is 2. The van der Waals surface area contributed by atoms with Crippen LogP contribution in [-0.2, 0) is 14.3 Å². The highest BCUT2D eigenvalue weighted by atomic mass is 16.6. The number of hydrogen-bond donors (Lipinski definition) is 0. The molecule has 0 atom stereocenters. The van der Waals surface area contributed by atoms with Crippen LogP contribution in [0.1, 0.15) is 39.5 Å². The molecular formula is C9H14O3. The maximum atomic E-state index is 11.0. The summed E-state index contributed by atoms with van der Waals surface area (Å²) in [7, 11) is 0. The zero-order valence-electron chi connectivity index (χ0n) is 7.55. The van der Waals surface area contributed by atoms with E-state index in [9.17, 15) is 9.59 Å². The van der Waals surface area contributed by atoms with Gasteiger partial charge in [-0.2, -0.15) is 0 Å². The number of esters is 2. The Morgan fingerprint density at radius 2 is 1.58 bits per heavy atom. The van der Waals surface area contributed by atoms with Crippen LogP contribution in [0.2, 0.25) is 0 Å². The first-order valence-electron chi connectivity index (χ1n) is 4.35. The van der Waals surface area contributed by atoms with Crippen LogP contribution in [0.3, 0.4) is 0 Å². The van der Waals surface area contributed by atoms with Gasteiger partial charge in [-0.25, -0.2) is 0 Å². The van der Waals surface area contributed by atoms with Gasteiger partial charge in [0.25, 0.3) is 0 Å². The molecule has 0 aromatic carbocycles. The molecule has 0 bridgehead atoms. The van der Waals surface area contributed by atoms with Crippen molar-refractivity contribution in [3.05, 3.63) is 0 Å². The summed E-state index contributed by atoms with van der Waals surface area (Å²) < 4.78 is 4.47. The van der Waals surface area contributed by atoms with E-state index in [1.54, 1.807) is 0 Å². The summed E-state index contributed by atoms with van der Waals surface area (Å²) in [4.78, 5) is 21.9. The Morgan fingerprint density at radius 3 is 1.92 bits per heavy atom. The van der Waals surface area contributed by atoms with Crippen molar-refractivity contribution in [2.45, 2.75) is 39.5 Å². The fourth-order valence-electron chi connectivity index (χ4n) is 1.62. The molecule has 0 amide bonds. The monoisotopic (exact) mass is 170 g/mol. The zero-order chi connectivity index (χ0) is 9.19.